The number of benzene rings is 1. The third-order valence-electron chi connectivity index (χ3n) is 5.66. The average molecular weight is 600 g/mol. The first-order chi connectivity index (χ1) is 17.8. The van der Waals surface area contributed by atoms with E-state index in [0.717, 1.165) is 4.88 Å². The van der Waals surface area contributed by atoms with E-state index in [4.69, 9.17) is 9.15 Å². The summed E-state index contributed by atoms with van der Waals surface area (Å²) in [7, 11) is 0. The number of nitro groups is 1. The monoisotopic (exact) mass is 599 g/mol. The van der Waals surface area contributed by atoms with E-state index in [1.54, 1.807) is 38.1 Å². The SMILES string of the molecule is CCOC(=O)C1=C(C)N=c2s/c(=C/c3ccc(-c4ccc([N+](=O)[O-])cc4Br)o3)c(=O)n2C1c1cccs1. The highest BCUT2D eigenvalue weighted by atomic mass is 79.9. The quantitative estimate of drug-likeness (QED) is 0.179. The number of ether oxygens (including phenoxy) is 1. The highest BCUT2D eigenvalue weighted by Gasteiger charge is 2.33. The molecule has 12 heteroatoms. The summed E-state index contributed by atoms with van der Waals surface area (Å²) in [5, 5.41) is 12.9. The summed E-state index contributed by atoms with van der Waals surface area (Å²) in [6.45, 7) is 3.68. The van der Waals surface area contributed by atoms with Crippen LogP contribution in [0.4, 0.5) is 5.69 Å². The van der Waals surface area contributed by atoms with Crippen molar-refractivity contribution in [2.75, 3.05) is 6.61 Å². The Balaban J connectivity index is 1.59. The Kier molecular flexibility index (Phi) is 6.80. The molecule has 0 fully saturated rings. The van der Waals surface area contributed by atoms with Gasteiger partial charge in [-0.3, -0.25) is 19.5 Å². The first-order valence-corrected chi connectivity index (χ1v) is 13.5. The van der Waals surface area contributed by atoms with Gasteiger partial charge in [0, 0.05) is 33.1 Å². The summed E-state index contributed by atoms with van der Waals surface area (Å²) >= 11 is 6.01. The van der Waals surface area contributed by atoms with Crippen molar-refractivity contribution < 1.29 is 18.9 Å². The van der Waals surface area contributed by atoms with Crippen LogP contribution < -0.4 is 14.9 Å². The molecule has 1 atom stereocenters. The summed E-state index contributed by atoms with van der Waals surface area (Å²) in [5.41, 5.74) is 1.14. The molecule has 37 heavy (non-hydrogen) atoms. The Hall–Kier alpha value is -3.61. The second kappa shape index (κ2) is 10.0. The number of non-ortho nitro benzene ring substituents is 1. The number of hydrogen-bond acceptors (Lipinski definition) is 9. The molecule has 188 valence electrons. The number of esters is 1. The van der Waals surface area contributed by atoms with Crippen LogP contribution in [0.3, 0.4) is 0 Å². The fourth-order valence-corrected chi connectivity index (χ4v) is 6.44. The van der Waals surface area contributed by atoms with Gasteiger partial charge >= 0.3 is 5.97 Å². The van der Waals surface area contributed by atoms with Gasteiger partial charge in [0.2, 0.25) is 0 Å². The number of nitro benzene ring substituents is 1. The zero-order valence-corrected chi connectivity index (χ0v) is 22.7. The third-order valence-corrected chi connectivity index (χ3v) is 8.22. The minimum Gasteiger partial charge on any atom is -0.463 e. The minimum atomic E-state index is -0.638. The largest absolute Gasteiger partial charge is 0.463 e. The molecule has 0 spiro atoms. The lowest BCUT2D eigenvalue weighted by Crippen LogP contribution is -2.39. The zero-order valence-electron chi connectivity index (χ0n) is 19.5. The lowest BCUT2D eigenvalue weighted by Gasteiger charge is -2.23. The van der Waals surface area contributed by atoms with Gasteiger partial charge in [-0.2, -0.15) is 0 Å². The number of carbonyl (C=O) groups excluding carboxylic acids is 1. The van der Waals surface area contributed by atoms with Crippen molar-refractivity contribution in [2.24, 2.45) is 4.99 Å². The molecule has 0 amide bonds. The Bertz CT molecular complexity index is 1750. The summed E-state index contributed by atoms with van der Waals surface area (Å²) < 4.78 is 13.7. The van der Waals surface area contributed by atoms with E-state index < -0.39 is 16.9 Å². The maximum Gasteiger partial charge on any atom is 0.338 e. The van der Waals surface area contributed by atoms with Gasteiger partial charge in [-0.1, -0.05) is 17.4 Å². The minimum absolute atomic E-state index is 0.0405. The van der Waals surface area contributed by atoms with E-state index >= 15 is 0 Å². The van der Waals surface area contributed by atoms with E-state index in [0.29, 0.717) is 42.2 Å². The second-order valence-electron chi connectivity index (χ2n) is 7.94. The lowest BCUT2D eigenvalue weighted by molar-refractivity contribution is -0.384. The number of thiazole rings is 1. The van der Waals surface area contributed by atoms with Crippen molar-refractivity contribution in [3.8, 4) is 11.3 Å². The van der Waals surface area contributed by atoms with E-state index in [9.17, 15) is 19.7 Å². The molecule has 4 aromatic rings. The number of hydrogen-bond donors (Lipinski definition) is 0. The molecule has 1 aromatic carbocycles. The Labute approximate surface area is 225 Å². The maximum atomic E-state index is 13.6. The zero-order chi connectivity index (χ0) is 26.3. The van der Waals surface area contributed by atoms with Gasteiger partial charge in [0.1, 0.15) is 17.6 Å². The number of halogens is 1. The number of carbonyl (C=O) groups is 1. The van der Waals surface area contributed by atoms with Crippen LogP contribution in [-0.2, 0) is 9.53 Å². The molecule has 0 N–H and O–H groups in total. The topological polar surface area (TPSA) is 117 Å². The normalized spacial score (nSPS) is 15.4. The first-order valence-electron chi connectivity index (χ1n) is 11.1. The van der Waals surface area contributed by atoms with Gasteiger partial charge < -0.3 is 9.15 Å². The Morgan fingerprint density at radius 3 is 2.81 bits per heavy atom. The fraction of sp³-hybridized carbons (Fsp3) is 0.160. The summed E-state index contributed by atoms with van der Waals surface area (Å²) in [6, 6.07) is 11.0. The molecule has 0 saturated carbocycles. The molecule has 1 aliphatic heterocycles. The molecule has 0 aliphatic carbocycles. The highest BCUT2D eigenvalue weighted by Crippen LogP contribution is 2.34. The van der Waals surface area contributed by atoms with Crippen LogP contribution in [0.2, 0.25) is 0 Å². The van der Waals surface area contributed by atoms with Crippen molar-refractivity contribution in [3.63, 3.8) is 0 Å². The highest BCUT2D eigenvalue weighted by molar-refractivity contribution is 9.10. The van der Waals surface area contributed by atoms with Crippen LogP contribution in [0.5, 0.6) is 0 Å². The third kappa shape index (κ3) is 4.63. The first kappa shape index (κ1) is 25.1. The van der Waals surface area contributed by atoms with Crippen molar-refractivity contribution >= 4 is 56.3 Å². The maximum absolute atomic E-state index is 13.6. The summed E-state index contributed by atoms with van der Waals surface area (Å²) in [4.78, 5) is 42.8. The number of allylic oxidation sites excluding steroid dienone is 1. The van der Waals surface area contributed by atoms with E-state index in [1.165, 1.54) is 39.4 Å². The van der Waals surface area contributed by atoms with E-state index in [2.05, 4.69) is 20.9 Å². The predicted molar refractivity (Wildman–Crippen MR) is 143 cm³/mol. The van der Waals surface area contributed by atoms with Crippen molar-refractivity contribution in [1.82, 2.24) is 4.57 Å². The molecule has 9 nitrogen and oxygen atoms in total. The number of furan rings is 1. The molecule has 0 radical (unpaired) electrons. The van der Waals surface area contributed by atoms with Gasteiger partial charge in [-0.05, 0) is 59.4 Å². The summed E-state index contributed by atoms with van der Waals surface area (Å²) in [5.74, 6) is 0.415. The average Bonchev–Trinajstić information content (AvgIpc) is 3.60. The number of nitrogens with zero attached hydrogens (tertiary/aromatic N) is 3. The van der Waals surface area contributed by atoms with Gasteiger partial charge in [0.15, 0.2) is 4.80 Å². The number of thiophene rings is 1. The van der Waals surface area contributed by atoms with E-state index in [1.807, 2.05) is 17.5 Å². The van der Waals surface area contributed by atoms with Crippen LogP contribution >= 0.6 is 38.6 Å². The van der Waals surface area contributed by atoms with Gasteiger partial charge in [0.05, 0.1) is 27.3 Å². The van der Waals surface area contributed by atoms with E-state index in [-0.39, 0.29) is 17.9 Å². The molecular formula is C25H18BrN3O6S2. The van der Waals surface area contributed by atoms with Crippen LogP contribution in [-0.4, -0.2) is 22.1 Å². The summed E-state index contributed by atoms with van der Waals surface area (Å²) in [6.07, 6.45) is 1.63. The smallest absolute Gasteiger partial charge is 0.338 e. The van der Waals surface area contributed by atoms with Crippen LogP contribution in [0, 0.1) is 10.1 Å². The van der Waals surface area contributed by atoms with Gasteiger partial charge in [-0.25, -0.2) is 9.79 Å². The Morgan fingerprint density at radius 1 is 1.32 bits per heavy atom. The van der Waals surface area contributed by atoms with Crippen molar-refractivity contribution in [1.29, 1.82) is 0 Å². The number of aromatic nitrogens is 1. The fourth-order valence-electron chi connectivity index (χ4n) is 4.03. The second-order valence-corrected chi connectivity index (χ2v) is 10.8. The molecule has 3 aromatic heterocycles. The molecule has 0 saturated heterocycles. The molecule has 1 unspecified atom stereocenters. The predicted octanol–water partition coefficient (Wildman–Crippen LogP) is 4.79. The number of fused-ring (bicyclic) bond motifs is 1. The standard InChI is InChI=1S/C25H18BrN3O6S2/c1-3-34-24(31)21-13(2)27-25-28(22(21)19-5-4-10-36-19)23(30)20(37-25)12-15-7-9-18(35-15)16-8-6-14(29(32)33)11-17(16)26/h4-12,22H,3H2,1-2H3/b20-12+. The molecule has 4 heterocycles. The molecule has 0 bridgehead atoms. The van der Waals surface area contributed by atoms with Crippen LogP contribution in [0.15, 0.2) is 77.8 Å². The molecule has 1 aliphatic rings. The van der Waals surface area contributed by atoms with Crippen LogP contribution in [0.1, 0.15) is 30.5 Å². The molecule has 5 rings (SSSR count). The lowest BCUT2D eigenvalue weighted by atomic mass is 10.0. The van der Waals surface area contributed by atoms with Crippen molar-refractivity contribution in [2.45, 2.75) is 19.9 Å². The van der Waals surface area contributed by atoms with Gasteiger partial charge in [-0.15, -0.1) is 11.3 Å². The number of rotatable bonds is 6. The Morgan fingerprint density at radius 2 is 2.14 bits per heavy atom. The van der Waals surface area contributed by atoms with Crippen LogP contribution in [0.25, 0.3) is 17.4 Å². The molecular weight excluding hydrogens is 582 g/mol. The van der Waals surface area contributed by atoms with Gasteiger partial charge in [0.25, 0.3) is 11.2 Å². The van der Waals surface area contributed by atoms with Crippen molar-refractivity contribution in [3.05, 3.63) is 104 Å².